The minimum absolute atomic E-state index is 0.105. The number of carbonyl (C=O) groups excluding carboxylic acids is 2. The highest BCUT2D eigenvalue weighted by atomic mass is 19.4. The van der Waals surface area contributed by atoms with E-state index >= 15 is 0 Å². The number of anilines is 1. The molecule has 1 saturated carbocycles. The maximum atomic E-state index is 13.9. The number of allylic oxidation sites excluding steroid dienone is 1. The van der Waals surface area contributed by atoms with E-state index < -0.39 is 23.9 Å². The number of aromatic nitrogens is 2. The summed E-state index contributed by atoms with van der Waals surface area (Å²) in [5.74, 6) is 0.0910. The van der Waals surface area contributed by atoms with Crippen molar-refractivity contribution < 1.29 is 32.7 Å². The van der Waals surface area contributed by atoms with Crippen LogP contribution in [0.3, 0.4) is 0 Å². The second kappa shape index (κ2) is 13.0. The fraction of sp³-hybridized carbons (Fsp3) is 0.594. The third-order valence-electron chi connectivity index (χ3n) is 8.84. The lowest BCUT2D eigenvalue weighted by atomic mass is 9.84. The number of alkyl halides is 3. The van der Waals surface area contributed by atoms with Gasteiger partial charge < -0.3 is 31.3 Å². The summed E-state index contributed by atoms with van der Waals surface area (Å²) in [5, 5.41) is 21.5. The number of hydrogen-bond donors (Lipinski definition) is 5. The van der Waals surface area contributed by atoms with Crippen molar-refractivity contribution in [2.24, 2.45) is 0 Å². The maximum Gasteiger partial charge on any atom is 0.416 e. The first kappa shape index (κ1) is 33.4. The Balaban J connectivity index is 1.41. The molecular weight excluding hydrogens is 603 g/mol. The van der Waals surface area contributed by atoms with E-state index in [4.69, 9.17) is 5.11 Å². The highest BCUT2D eigenvalue weighted by Gasteiger charge is 2.43. The quantitative estimate of drug-likeness (QED) is 0.292. The number of amides is 3. The number of carbonyl (C=O) groups is 3. The van der Waals surface area contributed by atoms with Crippen molar-refractivity contribution >= 4 is 40.2 Å². The summed E-state index contributed by atoms with van der Waals surface area (Å²) in [5.41, 5.74) is 0.0976. The maximum absolute atomic E-state index is 13.9. The van der Waals surface area contributed by atoms with Crippen LogP contribution < -0.4 is 21.3 Å². The molecule has 2 aliphatic carbocycles. The van der Waals surface area contributed by atoms with Crippen LogP contribution in [0.1, 0.15) is 84.0 Å². The first-order valence-electron chi connectivity index (χ1n) is 15.8. The van der Waals surface area contributed by atoms with E-state index in [0.717, 1.165) is 24.1 Å². The molecule has 5 N–H and O–H groups in total. The van der Waals surface area contributed by atoms with Crippen LogP contribution in [-0.2, 0) is 15.8 Å². The molecule has 0 spiro atoms. The molecule has 1 aromatic heterocycles. The van der Waals surface area contributed by atoms with E-state index in [-0.39, 0.29) is 52.7 Å². The lowest BCUT2D eigenvalue weighted by molar-refractivity contribution is -0.137. The number of likely N-dealkylation sites (tertiary alicyclic amines) is 1. The molecule has 46 heavy (non-hydrogen) atoms. The van der Waals surface area contributed by atoms with Gasteiger partial charge in [-0.2, -0.15) is 13.2 Å². The molecule has 5 rings (SSSR count). The lowest BCUT2D eigenvalue weighted by Crippen LogP contribution is -2.59. The molecular formula is C32H42F3N7O4. The van der Waals surface area contributed by atoms with Crippen molar-refractivity contribution in [3.63, 3.8) is 0 Å². The van der Waals surface area contributed by atoms with Crippen LogP contribution in [-0.4, -0.2) is 80.2 Å². The Labute approximate surface area is 265 Å². The van der Waals surface area contributed by atoms with E-state index in [1.54, 1.807) is 4.90 Å². The predicted molar refractivity (Wildman–Crippen MR) is 167 cm³/mol. The molecule has 3 amide bonds. The zero-order valence-corrected chi connectivity index (χ0v) is 26.5. The summed E-state index contributed by atoms with van der Waals surface area (Å²) in [6.45, 7) is 8.16. The Morgan fingerprint density at radius 1 is 1.02 bits per heavy atom. The van der Waals surface area contributed by atoms with Crippen LogP contribution in [0, 0.1) is 0 Å². The number of carboxylic acid groups (broad SMARTS) is 1. The molecule has 11 nitrogen and oxygen atoms in total. The topological polar surface area (TPSA) is 149 Å². The first-order valence-corrected chi connectivity index (χ1v) is 15.8. The van der Waals surface area contributed by atoms with Gasteiger partial charge in [-0.3, -0.25) is 9.59 Å². The summed E-state index contributed by atoms with van der Waals surface area (Å²) in [7, 11) is 0. The van der Waals surface area contributed by atoms with Crippen LogP contribution in [0.5, 0.6) is 0 Å². The van der Waals surface area contributed by atoms with Crippen molar-refractivity contribution in [3.05, 3.63) is 35.7 Å². The van der Waals surface area contributed by atoms with Crippen molar-refractivity contribution in [1.29, 1.82) is 0 Å². The van der Waals surface area contributed by atoms with E-state index in [0.29, 0.717) is 56.4 Å². The summed E-state index contributed by atoms with van der Waals surface area (Å²) < 4.78 is 41.1. The molecule has 0 bridgehead atoms. The fourth-order valence-corrected chi connectivity index (χ4v) is 6.92. The molecule has 0 radical (unpaired) electrons. The van der Waals surface area contributed by atoms with Crippen molar-refractivity contribution in [2.75, 3.05) is 11.9 Å². The van der Waals surface area contributed by atoms with Gasteiger partial charge in [0, 0.05) is 36.5 Å². The van der Waals surface area contributed by atoms with Crippen LogP contribution in [0.15, 0.2) is 24.3 Å². The predicted octanol–water partition coefficient (Wildman–Crippen LogP) is 4.68. The second-order valence-electron chi connectivity index (χ2n) is 13.6. The van der Waals surface area contributed by atoms with Crippen molar-refractivity contribution in [2.45, 2.75) is 115 Å². The van der Waals surface area contributed by atoms with Gasteiger partial charge in [-0.1, -0.05) is 6.08 Å². The Bertz CT molecular complexity index is 1520. The average molecular weight is 646 g/mol. The number of rotatable bonds is 7. The van der Waals surface area contributed by atoms with Crippen LogP contribution in [0.25, 0.3) is 16.5 Å². The minimum Gasteiger partial charge on any atom is -0.465 e. The fourth-order valence-electron chi connectivity index (χ4n) is 6.92. The highest BCUT2D eigenvalue weighted by Crippen LogP contribution is 2.36. The minimum atomic E-state index is -4.58. The zero-order chi connectivity index (χ0) is 33.4. The molecule has 2 aromatic rings. The Morgan fingerprint density at radius 3 is 2.41 bits per heavy atom. The molecule has 1 aliphatic heterocycles. The van der Waals surface area contributed by atoms with Gasteiger partial charge in [-0.05, 0) is 89.5 Å². The molecule has 1 saturated heterocycles. The van der Waals surface area contributed by atoms with Crippen LogP contribution in [0.2, 0.25) is 0 Å². The van der Waals surface area contributed by atoms with Crippen LogP contribution in [0.4, 0.5) is 23.8 Å². The third kappa shape index (κ3) is 7.88. The summed E-state index contributed by atoms with van der Waals surface area (Å²) in [6, 6.07) is 2.01. The highest BCUT2D eigenvalue weighted by molar-refractivity contribution is 5.94. The number of nitrogens with zero attached hydrogens (tertiary/aromatic N) is 3. The van der Waals surface area contributed by atoms with Crippen molar-refractivity contribution in [1.82, 2.24) is 30.8 Å². The largest absolute Gasteiger partial charge is 0.465 e. The van der Waals surface area contributed by atoms with Gasteiger partial charge in [-0.15, -0.1) is 0 Å². The van der Waals surface area contributed by atoms with E-state index in [1.807, 2.05) is 6.08 Å². The Morgan fingerprint density at radius 2 is 1.78 bits per heavy atom. The molecule has 2 fully saturated rings. The van der Waals surface area contributed by atoms with E-state index in [9.17, 15) is 27.6 Å². The molecule has 5 atom stereocenters. The molecule has 14 heteroatoms. The summed E-state index contributed by atoms with van der Waals surface area (Å²) >= 11 is 0. The van der Waals surface area contributed by atoms with Gasteiger partial charge in [0.1, 0.15) is 11.9 Å². The van der Waals surface area contributed by atoms with E-state index in [2.05, 4.69) is 52.0 Å². The zero-order valence-electron chi connectivity index (χ0n) is 26.5. The molecule has 3 aliphatic rings. The van der Waals surface area contributed by atoms with E-state index in [1.165, 1.54) is 13.0 Å². The smallest absolute Gasteiger partial charge is 0.416 e. The number of benzene rings is 1. The molecule has 250 valence electrons. The first-order chi connectivity index (χ1) is 21.6. The monoisotopic (exact) mass is 645 g/mol. The SMILES string of the molecule is CC(=O)N[C@@H]1C[C@H](NC(C)(C)C)CC[C@@H]1N1CCC(Nc2nc(C3=CCC(NC(=O)O)CC3)nc3ccc(C(F)(F)F)cc23)C1=O. The third-order valence-corrected chi connectivity index (χ3v) is 8.84. The van der Waals surface area contributed by atoms with Gasteiger partial charge >= 0.3 is 12.3 Å². The van der Waals surface area contributed by atoms with Gasteiger partial charge in [-0.25, -0.2) is 14.8 Å². The number of halogens is 3. The van der Waals surface area contributed by atoms with Gasteiger partial charge in [0.25, 0.3) is 0 Å². The second-order valence-corrected chi connectivity index (χ2v) is 13.6. The van der Waals surface area contributed by atoms with Crippen LogP contribution >= 0.6 is 0 Å². The summed E-state index contributed by atoms with van der Waals surface area (Å²) in [4.78, 5) is 48.0. The molecule has 2 unspecified atom stereocenters. The number of fused-ring (bicyclic) bond motifs is 1. The van der Waals surface area contributed by atoms with Gasteiger partial charge in [0.2, 0.25) is 11.8 Å². The Kier molecular flexibility index (Phi) is 9.48. The van der Waals surface area contributed by atoms with Gasteiger partial charge in [0.05, 0.1) is 23.2 Å². The van der Waals surface area contributed by atoms with Crippen molar-refractivity contribution in [3.8, 4) is 0 Å². The Hall–Kier alpha value is -3.94. The number of hydrogen-bond acceptors (Lipinski definition) is 7. The molecule has 2 heterocycles. The standard InChI is InChI=1S/C32H42F3N7O4/c1-17(43)36-25-16-21(41-31(2,3)4)10-12-26(25)42-14-13-24(29(42)44)39-28-22-15-19(32(33,34)35)7-11-23(22)38-27(40-28)18-5-8-20(9-6-18)37-30(45)46/h5,7,11,15,20-21,24-26,37,41H,6,8-10,12-14,16H2,1-4H3,(H,36,43)(H,45,46)(H,38,39,40)/t20?,21-,24?,25-,26+/m1/s1. The average Bonchev–Trinajstić information content (AvgIpc) is 3.30. The lowest BCUT2D eigenvalue weighted by Gasteiger charge is -2.43. The number of nitrogens with one attached hydrogen (secondary N) is 4. The normalized spacial score (nSPS) is 25.7. The van der Waals surface area contributed by atoms with Gasteiger partial charge in [0.15, 0.2) is 5.82 Å². The summed E-state index contributed by atoms with van der Waals surface area (Å²) in [6.07, 6.45) is 0.185. The molecule has 1 aromatic carbocycles.